The van der Waals surface area contributed by atoms with E-state index in [1.54, 1.807) is 0 Å². The van der Waals surface area contributed by atoms with E-state index in [4.69, 9.17) is 23.2 Å². The van der Waals surface area contributed by atoms with Crippen LogP contribution in [0.15, 0.2) is 48.5 Å². The van der Waals surface area contributed by atoms with Crippen molar-refractivity contribution in [3.05, 3.63) is 58.6 Å². The lowest BCUT2D eigenvalue weighted by Crippen LogP contribution is -2.52. The Morgan fingerprint density at radius 1 is 0.733 bits per heavy atom. The molecule has 2 atom stereocenters. The summed E-state index contributed by atoms with van der Waals surface area (Å²) >= 11 is 12.2. The molecule has 4 bridgehead atoms. The molecular formula is C26H32Cl2N2. The van der Waals surface area contributed by atoms with Crippen LogP contribution in [0, 0.1) is 22.7 Å². The zero-order valence-corrected chi connectivity index (χ0v) is 19.1. The minimum Gasteiger partial charge on any atom is -0.385 e. The first-order chi connectivity index (χ1) is 14.5. The van der Waals surface area contributed by atoms with Gasteiger partial charge in [0.05, 0.1) is 0 Å². The summed E-state index contributed by atoms with van der Waals surface area (Å²) in [5, 5.41) is 8.89. The number of hydrogen-bond donors (Lipinski definition) is 2. The zero-order chi connectivity index (χ0) is 20.6. The smallest absolute Gasteiger partial charge is 0.0426 e. The second-order valence-corrected chi connectivity index (χ2v) is 11.2. The molecule has 2 unspecified atom stereocenters. The quantitative estimate of drug-likeness (QED) is 0.434. The molecule has 6 rings (SSSR count). The van der Waals surface area contributed by atoms with Gasteiger partial charge in [0.25, 0.3) is 0 Å². The fourth-order valence-corrected chi connectivity index (χ4v) is 7.66. The summed E-state index contributed by atoms with van der Waals surface area (Å²) in [4.78, 5) is 0. The molecule has 2 aromatic carbocycles. The highest BCUT2D eigenvalue weighted by Crippen LogP contribution is 2.67. The van der Waals surface area contributed by atoms with E-state index in [9.17, 15) is 0 Å². The zero-order valence-electron chi connectivity index (χ0n) is 17.6. The topological polar surface area (TPSA) is 24.1 Å². The van der Waals surface area contributed by atoms with Crippen LogP contribution in [0.25, 0.3) is 0 Å². The molecule has 30 heavy (non-hydrogen) atoms. The second-order valence-electron chi connectivity index (χ2n) is 10.3. The first kappa shape index (κ1) is 20.5. The van der Waals surface area contributed by atoms with E-state index < -0.39 is 0 Å². The Hall–Kier alpha value is -1.38. The van der Waals surface area contributed by atoms with Gasteiger partial charge in [-0.1, -0.05) is 29.3 Å². The molecule has 0 aromatic heterocycles. The Balaban J connectivity index is 1.20. The van der Waals surface area contributed by atoms with Crippen LogP contribution in [0.1, 0.15) is 51.4 Å². The van der Waals surface area contributed by atoms with Gasteiger partial charge in [-0.05, 0) is 116 Å². The van der Waals surface area contributed by atoms with Gasteiger partial charge >= 0.3 is 0 Å². The van der Waals surface area contributed by atoms with Gasteiger partial charge in [-0.15, -0.1) is 0 Å². The van der Waals surface area contributed by atoms with Gasteiger partial charge in [0, 0.05) is 34.5 Å². The van der Waals surface area contributed by atoms with Crippen molar-refractivity contribution in [3.63, 3.8) is 0 Å². The third kappa shape index (κ3) is 4.46. The van der Waals surface area contributed by atoms with Crippen molar-refractivity contribution in [1.29, 1.82) is 0 Å². The molecule has 4 aliphatic rings. The van der Waals surface area contributed by atoms with Crippen LogP contribution >= 0.6 is 23.2 Å². The van der Waals surface area contributed by atoms with Crippen LogP contribution in [-0.2, 0) is 0 Å². The van der Waals surface area contributed by atoms with E-state index in [0.29, 0.717) is 10.8 Å². The molecule has 0 radical (unpaired) electrons. The number of nitrogens with one attached hydrogen (secondary N) is 2. The first-order valence-electron chi connectivity index (χ1n) is 11.5. The molecule has 0 saturated heterocycles. The van der Waals surface area contributed by atoms with Gasteiger partial charge in [0.2, 0.25) is 0 Å². The summed E-state index contributed by atoms with van der Waals surface area (Å²) in [5.41, 5.74) is 3.44. The summed E-state index contributed by atoms with van der Waals surface area (Å²) in [6.07, 6.45) is 11.3. The molecule has 0 amide bonds. The summed E-state index contributed by atoms with van der Waals surface area (Å²) < 4.78 is 0. The predicted octanol–water partition coefficient (Wildman–Crippen LogP) is 7.88. The molecule has 0 aliphatic heterocycles. The van der Waals surface area contributed by atoms with E-state index in [2.05, 4.69) is 28.8 Å². The molecule has 160 valence electrons. The number of halogens is 2. The monoisotopic (exact) mass is 442 g/mol. The molecule has 4 aliphatic carbocycles. The number of hydrogen-bond acceptors (Lipinski definition) is 2. The van der Waals surface area contributed by atoms with Crippen molar-refractivity contribution in [2.45, 2.75) is 51.4 Å². The molecule has 0 heterocycles. The fraction of sp³-hybridized carbons (Fsp3) is 0.538. The first-order valence-corrected chi connectivity index (χ1v) is 12.3. The average Bonchev–Trinajstić information content (AvgIpc) is 2.68. The maximum absolute atomic E-state index is 6.15. The van der Waals surface area contributed by atoms with Crippen molar-refractivity contribution in [3.8, 4) is 0 Å². The van der Waals surface area contributed by atoms with Crippen molar-refractivity contribution >= 4 is 34.6 Å². The molecule has 2 N–H and O–H groups in total. The van der Waals surface area contributed by atoms with Crippen LogP contribution in [0.3, 0.4) is 0 Å². The molecular weight excluding hydrogens is 411 g/mol. The third-order valence-electron chi connectivity index (χ3n) is 7.94. The molecule has 4 saturated carbocycles. The molecule has 4 fully saturated rings. The number of benzene rings is 2. The minimum atomic E-state index is 0.552. The summed E-state index contributed by atoms with van der Waals surface area (Å²) in [6, 6.07) is 16.2. The predicted molar refractivity (Wildman–Crippen MR) is 129 cm³/mol. The fourth-order valence-electron chi connectivity index (χ4n) is 7.34. The van der Waals surface area contributed by atoms with Gasteiger partial charge in [0.1, 0.15) is 0 Å². The highest BCUT2D eigenvalue weighted by atomic mass is 35.5. The van der Waals surface area contributed by atoms with Crippen molar-refractivity contribution in [2.75, 3.05) is 23.7 Å². The summed E-state index contributed by atoms with van der Waals surface area (Å²) in [7, 11) is 0. The Morgan fingerprint density at radius 3 is 1.93 bits per heavy atom. The molecule has 2 aromatic rings. The van der Waals surface area contributed by atoms with Crippen molar-refractivity contribution in [2.24, 2.45) is 22.7 Å². The highest BCUT2D eigenvalue weighted by Gasteiger charge is 2.56. The largest absolute Gasteiger partial charge is 0.385 e. The van der Waals surface area contributed by atoms with E-state index in [0.717, 1.165) is 40.7 Å². The van der Waals surface area contributed by atoms with Gasteiger partial charge in [0.15, 0.2) is 0 Å². The lowest BCUT2D eigenvalue weighted by atomic mass is 9.43. The third-order valence-corrected chi connectivity index (χ3v) is 8.43. The molecule has 2 nitrogen and oxygen atoms in total. The summed E-state index contributed by atoms with van der Waals surface area (Å²) in [5.74, 6) is 1.90. The summed E-state index contributed by atoms with van der Waals surface area (Å²) in [6.45, 7) is 2.12. The Bertz CT molecular complexity index is 865. The molecule has 4 heteroatoms. The Kier molecular flexibility index (Phi) is 5.66. The van der Waals surface area contributed by atoms with E-state index in [-0.39, 0.29) is 0 Å². The maximum Gasteiger partial charge on any atom is 0.0426 e. The van der Waals surface area contributed by atoms with Crippen LogP contribution in [0.5, 0.6) is 0 Å². The minimum absolute atomic E-state index is 0.552. The lowest BCUT2D eigenvalue weighted by molar-refractivity contribution is -0.114. The van der Waals surface area contributed by atoms with Crippen LogP contribution in [0.4, 0.5) is 11.4 Å². The Morgan fingerprint density at radius 2 is 1.33 bits per heavy atom. The lowest BCUT2D eigenvalue weighted by Gasteiger charge is -2.62. The van der Waals surface area contributed by atoms with Crippen LogP contribution in [0.2, 0.25) is 10.0 Å². The normalized spacial score (nSPS) is 31.7. The van der Waals surface area contributed by atoms with E-state index in [1.807, 2.05) is 30.3 Å². The van der Waals surface area contributed by atoms with Gasteiger partial charge in [-0.3, -0.25) is 0 Å². The van der Waals surface area contributed by atoms with E-state index in [1.165, 1.54) is 57.1 Å². The number of anilines is 2. The average molecular weight is 443 g/mol. The van der Waals surface area contributed by atoms with Crippen molar-refractivity contribution < 1.29 is 0 Å². The highest BCUT2D eigenvalue weighted by molar-refractivity contribution is 6.31. The SMILES string of the molecule is Clc1ccc(NCCC23CC4CC(C2)CC(CCNc2cccc(Cl)c2)(C4)C3)cc1. The number of rotatable bonds is 8. The van der Waals surface area contributed by atoms with Gasteiger partial charge in [-0.25, -0.2) is 0 Å². The van der Waals surface area contributed by atoms with Crippen LogP contribution < -0.4 is 10.6 Å². The van der Waals surface area contributed by atoms with Gasteiger partial charge in [-0.2, -0.15) is 0 Å². The van der Waals surface area contributed by atoms with Gasteiger partial charge < -0.3 is 10.6 Å². The van der Waals surface area contributed by atoms with Crippen LogP contribution in [-0.4, -0.2) is 13.1 Å². The Labute approximate surface area is 190 Å². The second kappa shape index (κ2) is 8.28. The standard InChI is InChI=1S/C26H32Cl2N2/c27-21-4-6-23(7-5-21)29-10-8-25-14-19-12-20(15-25)17-26(16-19,18-25)9-11-30-24-3-1-2-22(28)13-24/h1-7,13,19-20,29-30H,8-12,14-18H2. The van der Waals surface area contributed by atoms with E-state index >= 15 is 0 Å². The van der Waals surface area contributed by atoms with Crippen molar-refractivity contribution in [1.82, 2.24) is 0 Å². The maximum atomic E-state index is 6.15. The molecule has 0 spiro atoms.